The molecular weight excluding hydrogens is 348 g/mol. The van der Waals surface area contributed by atoms with E-state index in [0.717, 1.165) is 16.7 Å². The van der Waals surface area contributed by atoms with Crippen LogP contribution >= 0.6 is 0 Å². The number of hydrogen-bond donors (Lipinski definition) is 0. The van der Waals surface area contributed by atoms with Gasteiger partial charge in [-0.2, -0.15) is 0 Å². The lowest BCUT2D eigenvalue weighted by Gasteiger charge is -2.40. The smallest absolute Gasteiger partial charge is 0.256 e. The third kappa shape index (κ3) is 2.12. The molecule has 4 nitrogen and oxygen atoms in total. The van der Waals surface area contributed by atoms with E-state index in [0.29, 0.717) is 24.2 Å². The van der Waals surface area contributed by atoms with Crippen LogP contribution in [-0.4, -0.2) is 34.7 Å². The highest BCUT2D eigenvalue weighted by atomic mass is 16.2. The van der Waals surface area contributed by atoms with E-state index in [9.17, 15) is 9.59 Å². The first kappa shape index (κ1) is 16.8. The van der Waals surface area contributed by atoms with Crippen molar-refractivity contribution in [1.29, 1.82) is 0 Å². The summed E-state index contributed by atoms with van der Waals surface area (Å²) in [5.74, 6) is -0.0762. The van der Waals surface area contributed by atoms with Crippen LogP contribution < -0.4 is 0 Å². The van der Waals surface area contributed by atoms with Gasteiger partial charge in [-0.25, -0.2) is 0 Å². The van der Waals surface area contributed by atoms with Crippen LogP contribution in [0.2, 0.25) is 0 Å². The zero-order chi connectivity index (χ0) is 19.3. The SMILES string of the molecule is Cc1ccc(C23c4ccccc4C(=O)N2CCN3C(=O)c2ccccc2)cc1. The standard InChI is InChI=1S/C24H20N2O2/c1-17-11-13-19(14-12-17)24-21-10-6-5-9-20(21)23(28)26(24)16-15-25(24)22(27)18-7-3-2-4-8-18/h2-14H,15-16H2,1H3. The summed E-state index contributed by atoms with van der Waals surface area (Å²) >= 11 is 0. The molecule has 0 spiro atoms. The predicted octanol–water partition coefficient (Wildman–Crippen LogP) is 3.81. The summed E-state index contributed by atoms with van der Waals surface area (Å²) in [7, 11) is 0. The number of hydrogen-bond acceptors (Lipinski definition) is 2. The van der Waals surface area contributed by atoms with Crippen molar-refractivity contribution in [1.82, 2.24) is 9.80 Å². The second kappa shape index (κ2) is 6.06. The van der Waals surface area contributed by atoms with E-state index in [1.54, 1.807) is 0 Å². The van der Waals surface area contributed by atoms with Crippen LogP contribution in [0, 0.1) is 6.92 Å². The summed E-state index contributed by atoms with van der Waals surface area (Å²) < 4.78 is 0. The first-order valence-electron chi connectivity index (χ1n) is 9.49. The Morgan fingerprint density at radius 3 is 2.29 bits per heavy atom. The predicted molar refractivity (Wildman–Crippen MR) is 107 cm³/mol. The van der Waals surface area contributed by atoms with E-state index in [1.807, 2.05) is 95.6 Å². The van der Waals surface area contributed by atoms with E-state index in [-0.39, 0.29) is 11.8 Å². The molecule has 2 amide bonds. The molecule has 28 heavy (non-hydrogen) atoms. The van der Waals surface area contributed by atoms with Crippen molar-refractivity contribution in [3.05, 3.63) is 107 Å². The molecule has 0 bridgehead atoms. The van der Waals surface area contributed by atoms with Crippen LogP contribution in [0.15, 0.2) is 78.9 Å². The third-order valence-corrected chi connectivity index (χ3v) is 5.83. The van der Waals surface area contributed by atoms with Crippen LogP contribution in [0.3, 0.4) is 0 Å². The molecule has 1 unspecified atom stereocenters. The topological polar surface area (TPSA) is 40.6 Å². The van der Waals surface area contributed by atoms with E-state index in [4.69, 9.17) is 0 Å². The van der Waals surface area contributed by atoms with Crippen LogP contribution in [-0.2, 0) is 5.66 Å². The number of carbonyl (C=O) groups excluding carboxylic acids is 2. The minimum atomic E-state index is -0.895. The summed E-state index contributed by atoms with van der Waals surface area (Å²) in [6, 6.07) is 25.1. The minimum Gasteiger partial charge on any atom is -0.306 e. The Labute approximate surface area is 164 Å². The second-order valence-electron chi connectivity index (χ2n) is 7.36. The molecule has 0 aromatic heterocycles. The van der Waals surface area contributed by atoms with Crippen LogP contribution in [0.25, 0.3) is 0 Å². The number of amides is 2. The van der Waals surface area contributed by atoms with Gasteiger partial charge in [0, 0.05) is 35.3 Å². The summed E-state index contributed by atoms with van der Waals surface area (Å²) in [5.41, 5.74) is 3.38. The lowest BCUT2D eigenvalue weighted by molar-refractivity contribution is 0.0375. The fourth-order valence-electron chi connectivity index (χ4n) is 4.57. The largest absolute Gasteiger partial charge is 0.306 e. The van der Waals surface area contributed by atoms with Crippen molar-refractivity contribution in [2.45, 2.75) is 12.6 Å². The number of carbonyl (C=O) groups is 2. The summed E-state index contributed by atoms with van der Waals surface area (Å²) in [6.07, 6.45) is 0. The lowest BCUT2D eigenvalue weighted by Crippen LogP contribution is -2.51. The molecule has 2 aliphatic rings. The molecule has 5 rings (SSSR count). The van der Waals surface area contributed by atoms with E-state index in [1.165, 1.54) is 0 Å². The molecular formula is C24H20N2O2. The van der Waals surface area contributed by atoms with Gasteiger partial charge in [-0.1, -0.05) is 66.2 Å². The fraction of sp³-hybridized carbons (Fsp3) is 0.167. The molecule has 1 saturated heterocycles. The van der Waals surface area contributed by atoms with Gasteiger partial charge < -0.3 is 9.80 Å². The average molecular weight is 368 g/mol. The molecule has 0 N–H and O–H groups in total. The van der Waals surface area contributed by atoms with Crippen LogP contribution in [0.4, 0.5) is 0 Å². The number of benzene rings is 3. The van der Waals surface area contributed by atoms with Crippen molar-refractivity contribution in [3.8, 4) is 0 Å². The van der Waals surface area contributed by atoms with Gasteiger partial charge in [-0.05, 0) is 25.1 Å². The van der Waals surface area contributed by atoms with Crippen molar-refractivity contribution in [2.75, 3.05) is 13.1 Å². The highest BCUT2D eigenvalue weighted by molar-refractivity contribution is 6.03. The number of fused-ring (bicyclic) bond motifs is 3. The van der Waals surface area contributed by atoms with Gasteiger partial charge in [0.1, 0.15) is 0 Å². The van der Waals surface area contributed by atoms with Gasteiger partial charge in [0.25, 0.3) is 11.8 Å². The maximum atomic E-state index is 13.5. The maximum absolute atomic E-state index is 13.5. The Morgan fingerprint density at radius 2 is 1.54 bits per heavy atom. The second-order valence-corrected chi connectivity index (χ2v) is 7.36. The Hall–Kier alpha value is -3.40. The van der Waals surface area contributed by atoms with Gasteiger partial charge in [-0.15, -0.1) is 0 Å². The maximum Gasteiger partial charge on any atom is 0.256 e. The highest BCUT2D eigenvalue weighted by Crippen LogP contribution is 2.50. The molecule has 2 aliphatic heterocycles. The first-order valence-corrected chi connectivity index (χ1v) is 9.49. The van der Waals surface area contributed by atoms with Gasteiger partial charge >= 0.3 is 0 Å². The summed E-state index contributed by atoms with van der Waals surface area (Å²) in [5, 5.41) is 0. The molecule has 0 radical (unpaired) electrons. The molecule has 3 aromatic rings. The van der Waals surface area contributed by atoms with E-state index >= 15 is 0 Å². The van der Waals surface area contributed by atoms with Gasteiger partial charge in [0.05, 0.1) is 0 Å². The zero-order valence-corrected chi connectivity index (χ0v) is 15.6. The van der Waals surface area contributed by atoms with Crippen molar-refractivity contribution >= 4 is 11.8 Å². The van der Waals surface area contributed by atoms with Crippen LogP contribution in [0.1, 0.15) is 37.4 Å². The Kier molecular flexibility index (Phi) is 3.63. The molecule has 3 aromatic carbocycles. The van der Waals surface area contributed by atoms with Crippen molar-refractivity contribution < 1.29 is 9.59 Å². The van der Waals surface area contributed by atoms with Crippen molar-refractivity contribution in [3.63, 3.8) is 0 Å². The molecule has 2 heterocycles. The number of nitrogens with zero attached hydrogens (tertiary/aromatic N) is 2. The van der Waals surface area contributed by atoms with E-state index in [2.05, 4.69) is 0 Å². The zero-order valence-electron chi connectivity index (χ0n) is 15.6. The summed E-state index contributed by atoms with van der Waals surface area (Å²) in [6.45, 7) is 3.05. The molecule has 138 valence electrons. The Morgan fingerprint density at radius 1 is 0.857 bits per heavy atom. The van der Waals surface area contributed by atoms with Gasteiger partial charge in [0.2, 0.25) is 0 Å². The fourth-order valence-corrected chi connectivity index (χ4v) is 4.57. The van der Waals surface area contributed by atoms with E-state index < -0.39 is 5.66 Å². The molecule has 1 fully saturated rings. The number of rotatable bonds is 2. The molecule has 0 aliphatic carbocycles. The monoisotopic (exact) mass is 368 g/mol. The minimum absolute atomic E-state index is 0.0143. The Bertz CT molecular complexity index is 1080. The van der Waals surface area contributed by atoms with Gasteiger partial charge in [-0.3, -0.25) is 9.59 Å². The quantitative estimate of drug-likeness (QED) is 0.690. The van der Waals surface area contributed by atoms with Crippen molar-refractivity contribution in [2.24, 2.45) is 0 Å². The molecule has 1 atom stereocenters. The highest BCUT2D eigenvalue weighted by Gasteiger charge is 2.59. The molecule has 0 saturated carbocycles. The summed E-state index contributed by atoms with van der Waals surface area (Å²) in [4.78, 5) is 30.5. The normalized spacial score (nSPS) is 20.2. The lowest BCUT2D eigenvalue weighted by atomic mass is 9.89. The third-order valence-electron chi connectivity index (χ3n) is 5.83. The average Bonchev–Trinajstić information content (AvgIpc) is 3.25. The number of aryl methyl sites for hydroxylation is 1. The molecule has 4 heteroatoms. The Balaban J connectivity index is 1.76. The van der Waals surface area contributed by atoms with Crippen LogP contribution in [0.5, 0.6) is 0 Å². The first-order chi connectivity index (χ1) is 13.6. The van der Waals surface area contributed by atoms with Gasteiger partial charge in [0.15, 0.2) is 5.66 Å².